The summed E-state index contributed by atoms with van der Waals surface area (Å²) >= 11 is 3.31. The standard InChI is InChI=1S/C15H20BrNO/c1-10-6-13(8-17-14-4-5-14)7-11(2)15(10)18-9-12(3)16/h6-7,14,17H,3-5,8-9H2,1-2H3. The van der Waals surface area contributed by atoms with Gasteiger partial charge in [-0.05, 0) is 43.4 Å². The second kappa shape index (κ2) is 5.89. The van der Waals surface area contributed by atoms with Crippen molar-refractivity contribution in [2.75, 3.05) is 6.61 Å². The zero-order valence-electron chi connectivity index (χ0n) is 11.1. The molecule has 0 saturated heterocycles. The van der Waals surface area contributed by atoms with Crippen molar-refractivity contribution >= 4 is 15.9 Å². The van der Waals surface area contributed by atoms with Crippen LogP contribution >= 0.6 is 15.9 Å². The molecule has 0 atom stereocenters. The largest absolute Gasteiger partial charge is 0.488 e. The fraction of sp³-hybridized carbons (Fsp3) is 0.467. The molecule has 2 nitrogen and oxygen atoms in total. The van der Waals surface area contributed by atoms with Gasteiger partial charge in [0.1, 0.15) is 12.4 Å². The summed E-state index contributed by atoms with van der Waals surface area (Å²) in [6, 6.07) is 5.15. The van der Waals surface area contributed by atoms with Gasteiger partial charge in [0.2, 0.25) is 0 Å². The van der Waals surface area contributed by atoms with Gasteiger partial charge in [0.15, 0.2) is 0 Å². The van der Waals surface area contributed by atoms with Crippen LogP contribution in [0.1, 0.15) is 29.5 Å². The van der Waals surface area contributed by atoms with E-state index in [4.69, 9.17) is 4.74 Å². The highest BCUT2D eigenvalue weighted by Gasteiger charge is 2.20. The van der Waals surface area contributed by atoms with E-state index in [0.717, 1.165) is 22.8 Å². The lowest BCUT2D eigenvalue weighted by Crippen LogP contribution is -2.15. The molecule has 1 aliphatic carbocycles. The second-order valence-electron chi connectivity index (χ2n) is 5.02. The van der Waals surface area contributed by atoms with Crippen LogP contribution in [0.3, 0.4) is 0 Å². The van der Waals surface area contributed by atoms with Crippen molar-refractivity contribution in [2.45, 2.75) is 39.3 Å². The molecule has 1 aromatic rings. The number of ether oxygens (including phenoxy) is 1. The molecule has 2 rings (SSSR count). The van der Waals surface area contributed by atoms with E-state index in [9.17, 15) is 0 Å². The normalized spacial score (nSPS) is 14.6. The third-order valence-electron chi connectivity index (χ3n) is 3.07. The zero-order valence-corrected chi connectivity index (χ0v) is 12.6. The summed E-state index contributed by atoms with van der Waals surface area (Å²) in [6.07, 6.45) is 2.65. The monoisotopic (exact) mass is 309 g/mol. The smallest absolute Gasteiger partial charge is 0.125 e. The fourth-order valence-corrected chi connectivity index (χ4v) is 2.18. The average molecular weight is 310 g/mol. The first-order chi connectivity index (χ1) is 8.56. The van der Waals surface area contributed by atoms with E-state index in [1.165, 1.54) is 29.5 Å². The molecule has 1 fully saturated rings. The van der Waals surface area contributed by atoms with Gasteiger partial charge in [-0.3, -0.25) is 0 Å². The van der Waals surface area contributed by atoms with Crippen LogP contribution in [-0.2, 0) is 6.54 Å². The van der Waals surface area contributed by atoms with Gasteiger partial charge in [-0.25, -0.2) is 0 Å². The first-order valence-electron chi connectivity index (χ1n) is 6.36. The molecule has 3 heteroatoms. The molecule has 98 valence electrons. The summed E-state index contributed by atoms with van der Waals surface area (Å²) in [5.41, 5.74) is 3.72. The van der Waals surface area contributed by atoms with Crippen LogP contribution in [0.25, 0.3) is 0 Å². The highest BCUT2D eigenvalue weighted by molar-refractivity contribution is 9.11. The predicted octanol–water partition coefficient (Wildman–Crippen LogP) is 3.84. The summed E-state index contributed by atoms with van der Waals surface area (Å²) in [5, 5.41) is 3.53. The molecule has 0 radical (unpaired) electrons. The van der Waals surface area contributed by atoms with Crippen LogP contribution in [0.4, 0.5) is 0 Å². The second-order valence-corrected chi connectivity index (χ2v) is 6.14. The van der Waals surface area contributed by atoms with Crippen molar-refractivity contribution in [1.29, 1.82) is 0 Å². The average Bonchev–Trinajstić information content (AvgIpc) is 3.08. The number of nitrogens with one attached hydrogen (secondary N) is 1. The lowest BCUT2D eigenvalue weighted by Gasteiger charge is -2.14. The van der Waals surface area contributed by atoms with Crippen molar-refractivity contribution < 1.29 is 4.74 Å². The van der Waals surface area contributed by atoms with Gasteiger partial charge in [0, 0.05) is 17.1 Å². The third kappa shape index (κ3) is 3.85. The minimum Gasteiger partial charge on any atom is -0.488 e. The van der Waals surface area contributed by atoms with Gasteiger partial charge in [-0.2, -0.15) is 0 Å². The Balaban J connectivity index is 2.04. The predicted molar refractivity (Wildman–Crippen MR) is 79.3 cm³/mol. The first-order valence-corrected chi connectivity index (χ1v) is 7.15. The number of benzene rings is 1. The molecule has 1 N–H and O–H groups in total. The summed E-state index contributed by atoms with van der Waals surface area (Å²) in [4.78, 5) is 0. The van der Waals surface area contributed by atoms with Crippen molar-refractivity contribution in [3.05, 3.63) is 39.9 Å². The maximum atomic E-state index is 5.76. The zero-order chi connectivity index (χ0) is 13.1. The van der Waals surface area contributed by atoms with Crippen molar-refractivity contribution in [2.24, 2.45) is 0 Å². The van der Waals surface area contributed by atoms with Gasteiger partial charge in [0.05, 0.1) is 0 Å². The van der Waals surface area contributed by atoms with Crippen molar-refractivity contribution in [3.63, 3.8) is 0 Å². The number of rotatable bonds is 6. The van der Waals surface area contributed by atoms with Gasteiger partial charge >= 0.3 is 0 Å². The van der Waals surface area contributed by atoms with Crippen molar-refractivity contribution in [1.82, 2.24) is 5.32 Å². The van der Waals surface area contributed by atoms with Crippen molar-refractivity contribution in [3.8, 4) is 5.75 Å². The van der Waals surface area contributed by atoms with E-state index in [2.05, 4.69) is 53.8 Å². The summed E-state index contributed by atoms with van der Waals surface area (Å²) in [6.45, 7) is 9.45. The van der Waals surface area contributed by atoms with Crippen LogP contribution in [0.5, 0.6) is 5.75 Å². The maximum absolute atomic E-state index is 5.76. The van der Waals surface area contributed by atoms with E-state index >= 15 is 0 Å². The van der Waals surface area contributed by atoms with E-state index in [0.29, 0.717) is 6.61 Å². The minimum absolute atomic E-state index is 0.515. The highest BCUT2D eigenvalue weighted by atomic mass is 79.9. The number of hydrogen-bond donors (Lipinski definition) is 1. The van der Waals surface area contributed by atoms with Crippen LogP contribution in [0, 0.1) is 13.8 Å². The Labute approximate surface area is 118 Å². The molecule has 0 heterocycles. The number of hydrogen-bond acceptors (Lipinski definition) is 2. The summed E-state index contributed by atoms with van der Waals surface area (Å²) in [5.74, 6) is 0.978. The lowest BCUT2D eigenvalue weighted by atomic mass is 10.1. The summed E-state index contributed by atoms with van der Waals surface area (Å²) < 4.78 is 6.62. The molecule has 0 amide bonds. The Morgan fingerprint density at radius 2 is 2.00 bits per heavy atom. The van der Waals surface area contributed by atoms with E-state index in [1.54, 1.807) is 0 Å². The molecule has 0 spiro atoms. The molecule has 0 aliphatic heterocycles. The van der Waals surface area contributed by atoms with Crippen LogP contribution < -0.4 is 10.1 Å². The van der Waals surface area contributed by atoms with Gasteiger partial charge in [0.25, 0.3) is 0 Å². The lowest BCUT2D eigenvalue weighted by molar-refractivity contribution is 0.355. The maximum Gasteiger partial charge on any atom is 0.125 e. The van der Waals surface area contributed by atoms with Crippen LogP contribution in [-0.4, -0.2) is 12.6 Å². The fourth-order valence-electron chi connectivity index (χ4n) is 2.07. The number of halogens is 1. The molecule has 0 aromatic heterocycles. The van der Waals surface area contributed by atoms with Crippen LogP contribution in [0.2, 0.25) is 0 Å². The SMILES string of the molecule is C=C(Br)COc1c(C)cc(CNC2CC2)cc1C. The number of aryl methyl sites for hydroxylation is 2. The Hall–Kier alpha value is -0.800. The van der Waals surface area contributed by atoms with Crippen LogP contribution in [0.15, 0.2) is 23.2 Å². The molecule has 1 saturated carbocycles. The third-order valence-corrected chi connectivity index (χ3v) is 3.29. The van der Waals surface area contributed by atoms with Gasteiger partial charge in [-0.15, -0.1) is 0 Å². The quantitative estimate of drug-likeness (QED) is 0.862. The van der Waals surface area contributed by atoms with E-state index in [1.807, 2.05) is 0 Å². The first kappa shape index (κ1) is 13.6. The molecular formula is C15H20BrNO. The molecule has 1 aromatic carbocycles. The topological polar surface area (TPSA) is 21.3 Å². The van der Waals surface area contributed by atoms with E-state index in [-0.39, 0.29) is 0 Å². The summed E-state index contributed by atoms with van der Waals surface area (Å²) in [7, 11) is 0. The van der Waals surface area contributed by atoms with E-state index < -0.39 is 0 Å². The Bertz CT molecular complexity index is 429. The Morgan fingerprint density at radius 3 is 2.50 bits per heavy atom. The Morgan fingerprint density at radius 1 is 1.39 bits per heavy atom. The molecule has 0 unspecified atom stereocenters. The molecular weight excluding hydrogens is 290 g/mol. The molecule has 0 bridgehead atoms. The highest BCUT2D eigenvalue weighted by Crippen LogP contribution is 2.26. The van der Waals surface area contributed by atoms with Gasteiger partial charge < -0.3 is 10.1 Å². The Kier molecular flexibility index (Phi) is 4.46. The molecule has 1 aliphatic rings. The molecule has 18 heavy (non-hydrogen) atoms. The van der Waals surface area contributed by atoms with Gasteiger partial charge in [-0.1, -0.05) is 34.6 Å². The minimum atomic E-state index is 0.515.